The Morgan fingerprint density at radius 2 is 1.81 bits per heavy atom. The van der Waals surface area contributed by atoms with Crippen molar-refractivity contribution in [1.29, 1.82) is 0 Å². The highest BCUT2D eigenvalue weighted by Crippen LogP contribution is 2.27. The van der Waals surface area contributed by atoms with Crippen LogP contribution in [0.1, 0.15) is 24.0 Å². The Labute approximate surface area is 154 Å². The molecule has 1 saturated heterocycles. The third-order valence-corrected chi connectivity index (χ3v) is 4.82. The first kappa shape index (κ1) is 18.4. The first-order valence-corrected chi connectivity index (χ1v) is 9.07. The molecular weight excluding hydrogens is 328 g/mol. The second-order valence-corrected chi connectivity index (χ2v) is 6.67. The minimum Gasteiger partial charge on any atom is -0.457 e. The largest absolute Gasteiger partial charge is 0.457 e. The Balaban J connectivity index is 1.63. The second kappa shape index (κ2) is 8.83. The molecule has 0 saturated carbocycles. The van der Waals surface area contributed by atoms with E-state index >= 15 is 0 Å². The van der Waals surface area contributed by atoms with Crippen molar-refractivity contribution < 1.29 is 14.3 Å². The predicted molar refractivity (Wildman–Crippen MR) is 101 cm³/mol. The third-order valence-electron chi connectivity index (χ3n) is 4.82. The average molecular weight is 354 g/mol. The maximum absolute atomic E-state index is 12.4. The summed E-state index contributed by atoms with van der Waals surface area (Å²) in [6.45, 7) is 3.75. The van der Waals surface area contributed by atoms with Crippen molar-refractivity contribution in [3.63, 3.8) is 0 Å². The van der Waals surface area contributed by atoms with Gasteiger partial charge in [0.2, 0.25) is 5.91 Å². The van der Waals surface area contributed by atoms with E-state index in [1.807, 2.05) is 55.5 Å². The number of ether oxygens (including phenoxy) is 2. The molecule has 0 aromatic heterocycles. The maximum atomic E-state index is 12.4. The van der Waals surface area contributed by atoms with Crippen LogP contribution in [0.4, 0.5) is 0 Å². The van der Waals surface area contributed by atoms with Crippen LogP contribution in [0.15, 0.2) is 48.5 Å². The van der Waals surface area contributed by atoms with Crippen molar-refractivity contribution in [2.45, 2.75) is 32.4 Å². The van der Waals surface area contributed by atoms with E-state index < -0.39 is 6.04 Å². The smallest absolute Gasteiger partial charge is 0.237 e. The molecule has 1 unspecified atom stereocenters. The van der Waals surface area contributed by atoms with Crippen LogP contribution in [0.5, 0.6) is 11.5 Å². The lowest BCUT2D eigenvalue weighted by Gasteiger charge is -2.26. The molecule has 2 aromatic carbocycles. The normalized spacial score (nSPS) is 16.1. The fraction of sp³-hybridized carbons (Fsp3) is 0.381. The van der Waals surface area contributed by atoms with Gasteiger partial charge in [-0.1, -0.05) is 36.4 Å². The van der Waals surface area contributed by atoms with Gasteiger partial charge in [0, 0.05) is 25.3 Å². The average Bonchev–Trinajstić information content (AvgIpc) is 2.69. The van der Waals surface area contributed by atoms with E-state index in [4.69, 9.17) is 15.2 Å². The summed E-state index contributed by atoms with van der Waals surface area (Å²) in [5, 5.41) is 2.95. The van der Waals surface area contributed by atoms with E-state index in [2.05, 4.69) is 5.32 Å². The molecule has 0 bridgehead atoms. The van der Waals surface area contributed by atoms with Crippen LogP contribution in [0.25, 0.3) is 0 Å². The number of rotatable bonds is 6. The number of para-hydroxylation sites is 2. The van der Waals surface area contributed by atoms with Gasteiger partial charge in [0.05, 0.1) is 6.04 Å². The van der Waals surface area contributed by atoms with Crippen LogP contribution in [0.2, 0.25) is 0 Å². The molecule has 1 heterocycles. The van der Waals surface area contributed by atoms with E-state index in [0.717, 1.165) is 35.5 Å². The number of aryl methyl sites for hydroxylation is 1. The van der Waals surface area contributed by atoms with Crippen molar-refractivity contribution in [2.75, 3.05) is 13.2 Å². The molecule has 0 aliphatic carbocycles. The number of carbonyl (C=O) groups excluding carboxylic acids is 1. The summed E-state index contributed by atoms with van der Waals surface area (Å²) in [5.74, 6) is 1.61. The number of nitrogens with one attached hydrogen (secondary N) is 1. The second-order valence-electron chi connectivity index (χ2n) is 6.67. The van der Waals surface area contributed by atoms with Gasteiger partial charge in [-0.3, -0.25) is 4.79 Å². The Kier molecular flexibility index (Phi) is 6.26. The van der Waals surface area contributed by atoms with E-state index in [1.165, 1.54) is 0 Å². The lowest BCUT2D eigenvalue weighted by molar-refractivity contribution is -0.124. The summed E-state index contributed by atoms with van der Waals surface area (Å²) in [5.41, 5.74) is 8.12. The summed E-state index contributed by atoms with van der Waals surface area (Å²) in [6, 6.07) is 15.1. The number of hydrogen-bond acceptors (Lipinski definition) is 4. The molecule has 1 aliphatic heterocycles. The zero-order valence-corrected chi connectivity index (χ0v) is 15.1. The van der Waals surface area contributed by atoms with Gasteiger partial charge in [-0.05, 0) is 43.4 Å². The zero-order chi connectivity index (χ0) is 18.4. The van der Waals surface area contributed by atoms with Gasteiger partial charge in [-0.15, -0.1) is 0 Å². The van der Waals surface area contributed by atoms with Crippen molar-refractivity contribution in [1.82, 2.24) is 5.32 Å². The molecule has 5 heteroatoms. The molecule has 1 atom stereocenters. The molecule has 3 N–H and O–H groups in total. The Bertz CT molecular complexity index is 742. The highest BCUT2D eigenvalue weighted by Gasteiger charge is 2.26. The molecule has 0 radical (unpaired) electrons. The van der Waals surface area contributed by atoms with Crippen molar-refractivity contribution in [2.24, 2.45) is 11.7 Å². The number of amides is 1. The fourth-order valence-corrected chi connectivity index (χ4v) is 3.13. The van der Waals surface area contributed by atoms with Crippen LogP contribution < -0.4 is 15.8 Å². The van der Waals surface area contributed by atoms with E-state index in [0.29, 0.717) is 19.8 Å². The predicted octanol–water partition coefficient (Wildman–Crippen LogP) is 3.16. The van der Waals surface area contributed by atoms with Gasteiger partial charge in [-0.2, -0.15) is 0 Å². The summed E-state index contributed by atoms with van der Waals surface area (Å²) >= 11 is 0. The van der Waals surface area contributed by atoms with E-state index in [9.17, 15) is 4.79 Å². The molecule has 26 heavy (non-hydrogen) atoms. The van der Waals surface area contributed by atoms with Crippen LogP contribution in [0, 0.1) is 12.8 Å². The van der Waals surface area contributed by atoms with Crippen LogP contribution in [-0.2, 0) is 16.1 Å². The molecule has 0 spiro atoms. The topological polar surface area (TPSA) is 73.6 Å². The Hall–Kier alpha value is -2.37. The molecule has 5 nitrogen and oxygen atoms in total. The summed E-state index contributed by atoms with van der Waals surface area (Å²) < 4.78 is 11.4. The Morgan fingerprint density at radius 1 is 1.15 bits per heavy atom. The molecule has 1 aliphatic rings. The number of hydrogen-bond donors (Lipinski definition) is 2. The lowest BCUT2D eigenvalue weighted by Crippen LogP contribution is -2.46. The quantitative estimate of drug-likeness (QED) is 0.836. The first-order valence-electron chi connectivity index (χ1n) is 9.07. The minimum atomic E-state index is -0.497. The minimum absolute atomic E-state index is 0.123. The van der Waals surface area contributed by atoms with Gasteiger partial charge in [0.15, 0.2) is 0 Å². The SMILES string of the molecule is Cc1ccccc1Oc1ccccc1CNC(=O)C(N)C1CCOCC1. The summed E-state index contributed by atoms with van der Waals surface area (Å²) in [7, 11) is 0. The van der Waals surface area contributed by atoms with Crippen LogP contribution >= 0.6 is 0 Å². The standard InChI is InChI=1S/C21H26N2O3/c1-15-6-2-4-8-18(15)26-19-9-5-3-7-17(19)14-23-21(24)20(22)16-10-12-25-13-11-16/h2-9,16,20H,10-14,22H2,1H3,(H,23,24). The first-order chi connectivity index (χ1) is 12.6. The third kappa shape index (κ3) is 4.62. The van der Waals surface area contributed by atoms with E-state index in [-0.39, 0.29) is 11.8 Å². The van der Waals surface area contributed by atoms with Gasteiger partial charge in [-0.25, -0.2) is 0 Å². The highest BCUT2D eigenvalue weighted by atomic mass is 16.5. The number of carbonyl (C=O) groups is 1. The van der Waals surface area contributed by atoms with Crippen molar-refractivity contribution in [3.8, 4) is 11.5 Å². The van der Waals surface area contributed by atoms with Gasteiger partial charge < -0.3 is 20.5 Å². The van der Waals surface area contributed by atoms with Gasteiger partial charge >= 0.3 is 0 Å². The highest BCUT2D eigenvalue weighted by molar-refractivity contribution is 5.81. The van der Waals surface area contributed by atoms with E-state index in [1.54, 1.807) is 0 Å². The molecule has 2 aromatic rings. The van der Waals surface area contributed by atoms with Gasteiger partial charge in [0.1, 0.15) is 11.5 Å². The zero-order valence-electron chi connectivity index (χ0n) is 15.1. The molecule has 1 fully saturated rings. The molecule has 138 valence electrons. The maximum Gasteiger partial charge on any atom is 0.237 e. The molecular formula is C21H26N2O3. The lowest BCUT2D eigenvalue weighted by atomic mass is 9.92. The van der Waals surface area contributed by atoms with Crippen LogP contribution in [0.3, 0.4) is 0 Å². The summed E-state index contributed by atoms with van der Waals surface area (Å²) in [4.78, 5) is 12.4. The fourth-order valence-electron chi connectivity index (χ4n) is 3.13. The molecule has 1 amide bonds. The van der Waals surface area contributed by atoms with Crippen molar-refractivity contribution >= 4 is 5.91 Å². The molecule has 3 rings (SSSR count). The Morgan fingerprint density at radius 3 is 2.54 bits per heavy atom. The van der Waals surface area contributed by atoms with Crippen molar-refractivity contribution in [3.05, 3.63) is 59.7 Å². The number of benzene rings is 2. The number of nitrogens with two attached hydrogens (primary N) is 1. The van der Waals surface area contributed by atoms with Crippen LogP contribution in [-0.4, -0.2) is 25.2 Å². The van der Waals surface area contributed by atoms with Gasteiger partial charge in [0.25, 0.3) is 0 Å². The summed E-state index contributed by atoms with van der Waals surface area (Å²) in [6.07, 6.45) is 1.67. The monoisotopic (exact) mass is 354 g/mol.